The summed E-state index contributed by atoms with van der Waals surface area (Å²) in [5, 5.41) is 3.41. The molecule has 0 aliphatic heterocycles. The summed E-state index contributed by atoms with van der Waals surface area (Å²) < 4.78 is 2.12. The second-order valence-corrected chi connectivity index (χ2v) is 6.46. The Morgan fingerprint density at radius 3 is 2.05 bits per heavy atom. The summed E-state index contributed by atoms with van der Waals surface area (Å²) in [5.41, 5.74) is 4.53. The Morgan fingerprint density at radius 2 is 1.38 bits per heavy atom. The number of benzene rings is 3. The number of hydrogen-bond donors (Lipinski definition) is 1. The third-order valence-electron chi connectivity index (χ3n) is 3.20. The zero-order chi connectivity index (χ0) is 14.7. The molecular formula is C18H13Br2N. The molecule has 21 heavy (non-hydrogen) atoms. The fraction of sp³-hybridized carbons (Fsp3) is 0. The van der Waals surface area contributed by atoms with Crippen molar-refractivity contribution in [3.05, 3.63) is 81.7 Å². The van der Waals surface area contributed by atoms with Crippen molar-refractivity contribution >= 4 is 43.2 Å². The van der Waals surface area contributed by atoms with Gasteiger partial charge in [-0.1, -0.05) is 52.3 Å². The highest BCUT2D eigenvalue weighted by molar-refractivity contribution is 9.10. The lowest BCUT2D eigenvalue weighted by molar-refractivity contribution is 1.51. The van der Waals surface area contributed by atoms with E-state index in [0.717, 1.165) is 20.3 Å². The van der Waals surface area contributed by atoms with Gasteiger partial charge in [0, 0.05) is 14.6 Å². The van der Waals surface area contributed by atoms with Gasteiger partial charge in [-0.3, -0.25) is 0 Å². The van der Waals surface area contributed by atoms with Crippen LogP contribution in [-0.4, -0.2) is 0 Å². The minimum Gasteiger partial charge on any atom is -0.355 e. The van der Waals surface area contributed by atoms with E-state index in [1.165, 1.54) is 11.1 Å². The van der Waals surface area contributed by atoms with Gasteiger partial charge in [0.25, 0.3) is 0 Å². The predicted octanol–water partition coefficient (Wildman–Crippen LogP) is 6.62. The number of hydrogen-bond acceptors (Lipinski definition) is 1. The first-order valence-electron chi connectivity index (χ1n) is 6.60. The Labute approximate surface area is 141 Å². The van der Waals surface area contributed by atoms with Crippen LogP contribution in [0.1, 0.15) is 0 Å². The highest BCUT2D eigenvalue weighted by atomic mass is 79.9. The molecule has 0 saturated heterocycles. The lowest BCUT2D eigenvalue weighted by atomic mass is 10.1. The summed E-state index contributed by atoms with van der Waals surface area (Å²) in [6, 6.07) is 24.8. The summed E-state index contributed by atoms with van der Waals surface area (Å²) in [5.74, 6) is 0. The van der Waals surface area contributed by atoms with Crippen molar-refractivity contribution in [3.63, 3.8) is 0 Å². The SMILES string of the molecule is Brc1ccc(Nc2ccc(-c3ccccc3)cc2Br)cc1. The topological polar surface area (TPSA) is 12.0 Å². The second kappa shape index (κ2) is 6.46. The van der Waals surface area contributed by atoms with Gasteiger partial charge in [-0.25, -0.2) is 0 Å². The van der Waals surface area contributed by atoms with Crippen LogP contribution in [-0.2, 0) is 0 Å². The van der Waals surface area contributed by atoms with Gasteiger partial charge in [0.15, 0.2) is 0 Å². The maximum Gasteiger partial charge on any atom is 0.0529 e. The molecule has 1 N–H and O–H groups in total. The van der Waals surface area contributed by atoms with Crippen LogP contribution >= 0.6 is 31.9 Å². The molecule has 0 heterocycles. The summed E-state index contributed by atoms with van der Waals surface area (Å²) in [4.78, 5) is 0. The first-order valence-corrected chi connectivity index (χ1v) is 8.18. The van der Waals surface area contributed by atoms with Gasteiger partial charge in [-0.15, -0.1) is 0 Å². The Balaban J connectivity index is 1.86. The molecule has 0 atom stereocenters. The van der Waals surface area contributed by atoms with Crippen LogP contribution < -0.4 is 5.32 Å². The van der Waals surface area contributed by atoms with E-state index in [9.17, 15) is 0 Å². The summed E-state index contributed by atoms with van der Waals surface area (Å²) in [6.45, 7) is 0. The third kappa shape index (κ3) is 3.55. The van der Waals surface area contributed by atoms with E-state index in [4.69, 9.17) is 0 Å². The summed E-state index contributed by atoms with van der Waals surface area (Å²) >= 11 is 7.09. The fourth-order valence-corrected chi connectivity index (χ4v) is 2.86. The van der Waals surface area contributed by atoms with Crippen molar-refractivity contribution < 1.29 is 0 Å². The maximum absolute atomic E-state index is 3.64. The Kier molecular flexibility index (Phi) is 4.42. The standard InChI is InChI=1S/C18H13Br2N/c19-15-7-9-16(10-8-15)21-18-11-6-14(12-17(18)20)13-4-2-1-3-5-13/h1-12,21H. The van der Waals surface area contributed by atoms with E-state index < -0.39 is 0 Å². The van der Waals surface area contributed by atoms with Crippen molar-refractivity contribution in [3.8, 4) is 11.1 Å². The van der Waals surface area contributed by atoms with E-state index in [0.29, 0.717) is 0 Å². The lowest BCUT2D eigenvalue weighted by Crippen LogP contribution is -1.91. The normalized spacial score (nSPS) is 10.4. The van der Waals surface area contributed by atoms with Gasteiger partial charge in [0.2, 0.25) is 0 Å². The molecular weight excluding hydrogens is 390 g/mol. The predicted molar refractivity (Wildman–Crippen MR) is 97.0 cm³/mol. The van der Waals surface area contributed by atoms with Gasteiger partial charge in [0.05, 0.1) is 5.69 Å². The maximum atomic E-state index is 3.64. The molecule has 3 heteroatoms. The molecule has 0 saturated carbocycles. The fourth-order valence-electron chi connectivity index (χ4n) is 2.12. The number of halogens is 2. The highest BCUT2D eigenvalue weighted by Gasteiger charge is 2.04. The van der Waals surface area contributed by atoms with E-state index in [2.05, 4.69) is 79.6 Å². The van der Waals surface area contributed by atoms with Crippen molar-refractivity contribution in [1.29, 1.82) is 0 Å². The van der Waals surface area contributed by atoms with Crippen LogP contribution in [0.25, 0.3) is 11.1 Å². The minimum absolute atomic E-state index is 1.05. The monoisotopic (exact) mass is 401 g/mol. The first kappa shape index (κ1) is 14.4. The van der Waals surface area contributed by atoms with Crippen LogP contribution in [0.4, 0.5) is 11.4 Å². The molecule has 0 spiro atoms. The quantitative estimate of drug-likeness (QED) is 0.518. The average molecular weight is 403 g/mol. The van der Waals surface area contributed by atoms with Crippen molar-refractivity contribution in [2.24, 2.45) is 0 Å². The number of anilines is 2. The van der Waals surface area contributed by atoms with Crippen LogP contribution in [0.3, 0.4) is 0 Å². The zero-order valence-corrected chi connectivity index (χ0v) is 14.4. The molecule has 1 nitrogen and oxygen atoms in total. The molecule has 0 aromatic heterocycles. The summed E-state index contributed by atoms with van der Waals surface area (Å²) in [7, 11) is 0. The highest BCUT2D eigenvalue weighted by Crippen LogP contribution is 2.31. The molecule has 104 valence electrons. The van der Waals surface area contributed by atoms with Gasteiger partial charge >= 0.3 is 0 Å². The Bertz CT molecular complexity index is 737. The van der Waals surface area contributed by atoms with Crippen molar-refractivity contribution in [2.75, 3.05) is 5.32 Å². The van der Waals surface area contributed by atoms with Gasteiger partial charge < -0.3 is 5.32 Å². The van der Waals surface area contributed by atoms with Crippen LogP contribution in [0.5, 0.6) is 0 Å². The zero-order valence-electron chi connectivity index (χ0n) is 11.2. The van der Waals surface area contributed by atoms with E-state index in [1.54, 1.807) is 0 Å². The van der Waals surface area contributed by atoms with Gasteiger partial charge in [0.1, 0.15) is 0 Å². The molecule has 0 unspecified atom stereocenters. The van der Waals surface area contributed by atoms with Gasteiger partial charge in [-0.05, 0) is 63.5 Å². The second-order valence-electron chi connectivity index (χ2n) is 4.69. The van der Waals surface area contributed by atoms with Crippen molar-refractivity contribution in [1.82, 2.24) is 0 Å². The molecule has 0 aliphatic rings. The molecule has 0 amide bonds. The molecule has 0 bridgehead atoms. The van der Waals surface area contributed by atoms with E-state index in [-0.39, 0.29) is 0 Å². The van der Waals surface area contributed by atoms with Gasteiger partial charge in [-0.2, -0.15) is 0 Å². The lowest BCUT2D eigenvalue weighted by Gasteiger charge is -2.10. The van der Waals surface area contributed by atoms with Crippen LogP contribution in [0.2, 0.25) is 0 Å². The molecule has 0 aliphatic carbocycles. The van der Waals surface area contributed by atoms with Crippen LogP contribution in [0.15, 0.2) is 81.7 Å². The molecule has 0 radical (unpaired) electrons. The third-order valence-corrected chi connectivity index (χ3v) is 4.38. The molecule has 3 aromatic rings. The average Bonchev–Trinajstić information content (AvgIpc) is 2.52. The molecule has 0 fully saturated rings. The first-order chi connectivity index (χ1) is 10.2. The smallest absolute Gasteiger partial charge is 0.0529 e. The van der Waals surface area contributed by atoms with Crippen LogP contribution in [0, 0.1) is 0 Å². The molecule has 3 aromatic carbocycles. The minimum atomic E-state index is 1.05. The van der Waals surface area contributed by atoms with Crippen molar-refractivity contribution in [2.45, 2.75) is 0 Å². The molecule has 3 rings (SSSR count). The number of rotatable bonds is 3. The summed E-state index contributed by atoms with van der Waals surface area (Å²) in [6.07, 6.45) is 0. The number of nitrogens with one attached hydrogen (secondary N) is 1. The largest absolute Gasteiger partial charge is 0.355 e. The Morgan fingerprint density at radius 1 is 0.667 bits per heavy atom. The van der Waals surface area contributed by atoms with E-state index in [1.807, 2.05) is 30.3 Å². The van der Waals surface area contributed by atoms with E-state index >= 15 is 0 Å². The Hall–Kier alpha value is -1.58.